The van der Waals surface area contributed by atoms with Gasteiger partial charge in [-0.2, -0.15) is 0 Å². The van der Waals surface area contributed by atoms with Crippen LogP contribution < -0.4 is 20.3 Å². The van der Waals surface area contributed by atoms with Crippen LogP contribution in [0.25, 0.3) is 5.65 Å². The molecule has 3 rings (SSSR count). The van der Waals surface area contributed by atoms with Crippen LogP contribution in [0.15, 0.2) is 41.3 Å². The van der Waals surface area contributed by atoms with Gasteiger partial charge in [0.1, 0.15) is 22.8 Å². The van der Waals surface area contributed by atoms with E-state index in [-0.39, 0.29) is 11.3 Å². The lowest BCUT2D eigenvalue weighted by Gasteiger charge is -2.11. The molecule has 1 aromatic carbocycles. The number of carbonyl (C=O) groups excluding carboxylic acids is 1. The Hall–Kier alpha value is -3.06. The molecule has 0 saturated carbocycles. The van der Waals surface area contributed by atoms with Gasteiger partial charge in [-0.15, -0.1) is 0 Å². The predicted molar refractivity (Wildman–Crippen MR) is 98.7 cm³/mol. The molecule has 7 nitrogen and oxygen atoms in total. The average Bonchev–Trinajstić information content (AvgIpc) is 2.65. The number of benzene rings is 1. The molecule has 0 aliphatic rings. The van der Waals surface area contributed by atoms with Crippen molar-refractivity contribution in [2.24, 2.45) is 0 Å². The van der Waals surface area contributed by atoms with Gasteiger partial charge in [0.2, 0.25) is 0 Å². The molecule has 0 unspecified atom stereocenters. The van der Waals surface area contributed by atoms with Gasteiger partial charge >= 0.3 is 0 Å². The largest absolute Gasteiger partial charge is 0.497 e. The molecule has 8 heteroatoms. The van der Waals surface area contributed by atoms with E-state index in [1.54, 1.807) is 37.3 Å². The number of carbonyl (C=O) groups is 1. The SMILES string of the molecule is COc1cc(OC)cc(C(=O)Nc2c(C)nc3ccc(Cl)cn3c2=O)c1. The van der Waals surface area contributed by atoms with Crippen LogP contribution in [0.5, 0.6) is 11.5 Å². The van der Waals surface area contributed by atoms with E-state index in [1.807, 2.05) is 0 Å². The Kier molecular flexibility index (Phi) is 4.81. The topological polar surface area (TPSA) is 81.9 Å². The number of amides is 1. The molecule has 2 aromatic heterocycles. The maximum atomic E-state index is 12.7. The van der Waals surface area contributed by atoms with Crippen molar-refractivity contribution in [3.05, 3.63) is 63.2 Å². The number of nitrogens with one attached hydrogen (secondary N) is 1. The Bertz CT molecular complexity index is 1040. The quantitative estimate of drug-likeness (QED) is 0.760. The number of pyridine rings is 1. The zero-order valence-electron chi connectivity index (χ0n) is 14.4. The molecular weight excluding hydrogens is 358 g/mol. The summed E-state index contributed by atoms with van der Waals surface area (Å²) < 4.78 is 11.6. The minimum atomic E-state index is -0.480. The van der Waals surface area contributed by atoms with E-state index in [0.717, 1.165) is 0 Å². The minimum absolute atomic E-state index is 0.0801. The number of methoxy groups -OCH3 is 2. The average molecular weight is 374 g/mol. The first-order chi connectivity index (χ1) is 12.4. The molecule has 3 aromatic rings. The number of fused-ring (bicyclic) bond motifs is 1. The molecule has 0 bridgehead atoms. The number of hydrogen-bond acceptors (Lipinski definition) is 5. The van der Waals surface area contributed by atoms with E-state index < -0.39 is 11.5 Å². The monoisotopic (exact) mass is 373 g/mol. The van der Waals surface area contributed by atoms with Crippen molar-refractivity contribution < 1.29 is 14.3 Å². The van der Waals surface area contributed by atoms with Crippen molar-refractivity contribution in [2.45, 2.75) is 6.92 Å². The Balaban J connectivity index is 2.03. The molecule has 2 heterocycles. The Labute approximate surface area is 154 Å². The Morgan fingerprint density at radius 3 is 2.42 bits per heavy atom. The molecule has 0 saturated heterocycles. The maximum Gasteiger partial charge on any atom is 0.281 e. The van der Waals surface area contributed by atoms with E-state index in [0.29, 0.717) is 27.9 Å². The Morgan fingerprint density at radius 1 is 1.15 bits per heavy atom. The smallest absolute Gasteiger partial charge is 0.281 e. The van der Waals surface area contributed by atoms with Crippen molar-refractivity contribution in [1.29, 1.82) is 0 Å². The number of aryl methyl sites for hydroxylation is 1. The van der Waals surface area contributed by atoms with Gasteiger partial charge in [-0.25, -0.2) is 4.98 Å². The highest BCUT2D eigenvalue weighted by Crippen LogP contribution is 2.23. The van der Waals surface area contributed by atoms with E-state index in [2.05, 4.69) is 10.3 Å². The van der Waals surface area contributed by atoms with Crippen molar-refractivity contribution in [3.63, 3.8) is 0 Å². The number of anilines is 1. The van der Waals surface area contributed by atoms with Gasteiger partial charge in [0.05, 0.1) is 24.9 Å². The first-order valence-electron chi connectivity index (χ1n) is 7.66. The highest BCUT2D eigenvalue weighted by molar-refractivity contribution is 6.30. The maximum absolute atomic E-state index is 12.7. The second-order valence-electron chi connectivity index (χ2n) is 5.51. The van der Waals surface area contributed by atoms with Gasteiger partial charge in [-0.1, -0.05) is 11.6 Å². The number of aromatic nitrogens is 2. The van der Waals surface area contributed by atoms with Crippen LogP contribution in [0.1, 0.15) is 16.1 Å². The zero-order chi connectivity index (χ0) is 18.8. The third-order valence-electron chi connectivity index (χ3n) is 3.82. The number of halogens is 1. The summed E-state index contributed by atoms with van der Waals surface area (Å²) in [4.78, 5) is 29.7. The highest BCUT2D eigenvalue weighted by atomic mass is 35.5. The summed E-state index contributed by atoms with van der Waals surface area (Å²) in [6, 6.07) is 8.03. The summed E-state index contributed by atoms with van der Waals surface area (Å²) in [6.45, 7) is 1.65. The molecule has 1 N–H and O–H groups in total. The van der Waals surface area contributed by atoms with E-state index in [9.17, 15) is 9.59 Å². The summed E-state index contributed by atoms with van der Waals surface area (Å²) in [5.41, 5.74) is 0.796. The molecule has 0 aliphatic carbocycles. The number of ether oxygens (including phenoxy) is 2. The Morgan fingerprint density at radius 2 is 1.81 bits per heavy atom. The van der Waals surface area contributed by atoms with E-state index in [4.69, 9.17) is 21.1 Å². The van der Waals surface area contributed by atoms with Crippen LogP contribution in [0, 0.1) is 6.92 Å². The van der Waals surface area contributed by atoms with Crippen LogP contribution in [0.4, 0.5) is 5.69 Å². The number of nitrogens with zero attached hydrogens (tertiary/aromatic N) is 2. The molecular formula is C18H16ClN3O4. The van der Waals surface area contributed by atoms with Crippen molar-refractivity contribution >= 4 is 28.8 Å². The first-order valence-corrected chi connectivity index (χ1v) is 8.03. The summed E-state index contributed by atoms with van der Waals surface area (Å²) in [7, 11) is 2.98. The number of rotatable bonds is 4. The van der Waals surface area contributed by atoms with Crippen molar-refractivity contribution in [3.8, 4) is 11.5 Å². The molecule has 0 aliphatic heterocycles. The molecule has 0 fully saturated rings. The van der Waals surface area contributed by atoms with E-state index >= 15 is 0 Å². The molecule has 1 amide bonds. The van der Waals surface area contributed by atoms with Crippen molar-refractivity contribution in [1.82, 2.24) is 9.38 Å². The molecule has 0 radical (unpaired) electrons. The predicted octanol–water partition coefficient (Wildman–Crippen LogP) is 2.93. The lowest BCUT2D eigenvalue weighted by atomic mass is 10.2. The highest BCUT2D eigenvalue weighted by Gasteiger charge is 2.16. The third kappa shape index (κ3) is 3.34. The zero-order valence-corrected chi connectivity index (χ0v) is 15.1. The molecule has 26 heavy (non-hydrogen) atoms. The van der Waals surface area contributed by atoms with Crippen LogP contribution in [-0.4, -0.2) is 29.5 Å². The second kappa shape index (κ2) is 7.05. The summed E-state index contributed by atoms with van der Waals surface area (Å²) in [6.07, 6.45) is 1.45. The van der Waals surface area contributed by atoms with Crippen LogP contribution in [0.3, 0.4) is 0 Å². The third-order valence-corrected chi connectivity index (χ3v) is 4.04. The molecule has 0 atom stereocenters. The summed E-state index contributed by atoms with van der Waals surface area (Å²) in [5.74, 6) is 0.448. The van der Waals surface area contributed by atoms with Gasteiger partial charge in [0.25, 0.3) is 11.5 Å². The van der Waals surface area contributed by atoms with Crippen molar-refractivity contribution in [2.75, 3.05) is 19.5 Å². The molecule has 134 valence electrons. The van der Waals surface area contributed by atoms with E-state index in [1.165, 1.54) is 24.8 Å². The standard InChI is InChI=1S/C18H16ClN3O4/c1-10-16(18(24)22-9-12(19)4-5-15(22)20-10)21-17(23)11-6-13(25-2)8-14(7-11)26-3/h4-9H,1-3H3,(H,21,23). The van der Waals surface area contributed by atoms with Crippen LogP contribution in [-0.2, 0) is 0 Å². The normalized spacial score (nSPS) is 10.6. The first kappa shape index (κ1) is 17.8. The minimum Gasteiger partial charge on any atom is -0.497 e. The lowest BCUT2D eigenvalue weighted by molar-refractivity contribution is 0.102. The van der Waals surface area contributed by atoms with Gasteiger partial charge in [0.15, 0.2) is 0 Å². The van der Waals surface area contributed by atoms with Gasteiger partial charge in [-0.3, -0.25) is 14.0 Å². The lowest BCUT2D eigenvalue weighted by Crippen LogP contribution is -2.25. The fourth-order valence-corrected chi connectivity index (χ4v) is 2.65. The van der Waals surface area contributed by atoms with Crippen LogP contribution in [0.2, 0.25) is 5.02 Å². The fourth-order valence-electron chi connectivity index (χ4n) is 2.49. The fraction of sp³-hybridized carbons (Fsp3) is 0.167. The van der Waals surface area contributed by atoms with Gasteiger partial charge in [-0.05, 0) is 31.2 Å². The van der Waals surface area contributed by atoms with Crippen LogP contribution >= 0.6 is 11.6 Å². The van der Waals surface area contributed by atoms with Gasteiger partial charge < -0.3 is 14.8 Å². The number of hydrogen-bond donors (Lipinski definition) is 1. The summed E-state index contributed by atoms with van der Waals surface area (Å²) >= 11 is 5.95. The molecule has 0 spiro atoms. The summed E-state index contributed by atoms with van der Waals surface area (Å²) in [5, 5.41) is 3.01. The second-order valence-corrected chi connectivity index (χ2v) is 5.94. The van der Waals surface area contributed by atoms with Gasteiger partial charge in [0, 0.05) is 17.8 Å².